The number of halogens is 3. The second-order valence-corrected chi connectivity index (χ2v) is 4.41. The molecular formula is C13H8F3N5O. The number of aromatic nitrogens is 5. The van der Waals surface area contributed by atoms with Crippen molar-refractivity contribution in [1.29, 1.82) is 0 Å². The Morgan fingerprint density at radius 3 is 2.50 bits per heavy atom. The van der Waals surface area contributed by atoms with Gasteiger partial charge in [-0.05, 0) is 31.2 Å². The van der Waals surface area contributed by atoms with Gasteiger partial charge in [-0.3, -0.25) is 4.98 Å². The van der Waals surface area contributed by atoms with Crippen LogP contribution >= 0.6 is 0 Å². The molecule has 3 aromatic rings. The summed E-state index contributed by atoms with van der Waals surface area (Å²) in [5.74, 6) is -1.56. The molecule has 112 valence electrons. The van der Waals surface area contributed by atoms with Crippen LogP contribution in [0.2, 0.25) is 0 Å². The first-order valence-corrected chi connectivity index (χ1v) is 6.11. The lowest BCUT2D eigenvalue weighted by Gasteiger charge is -2.01. The molecule has 0 atom stereocenters. The standard InChI is InChI=1S/C13H8F3N5O/c1-7-2-3-9(20-19-7)10-6-8(4-5-17-10)11-18-12(22-21-11)13(14,15)16/h2-6H,1H3. The average molecular weight is 307 g/mol. The first-order chi connectivity index (χ1) is 10.4. The first-order valence-electron chi connectivity index (χ1n) is 6.11. The van der Waals surface area contributed by atoms with Crippen molar-refractivity contribution in [3.05, 3.63) is 42.0 Å². The zero-order valence-electron chi connectivity index (χ0n) is 11.2. The van der Waals surface area contributed by atoms with E-state index in [1.165, 1.54) is 18.3 Å². The van der Waals surface area contributed by atoms with Crippen molar-refractivity contribution in [2.45, 2.75) is 13.1 Å². The van der Waals surface area contributed by atoms with Crippen LogP contribution in [0.4, 0.5) is 13.2 Å². The molecule has 0 radical (unpaired) electrons. The van der Waals surface area contributed by atoms with E-state index in [-0.39, 0.29) is 5.82 Å². The molecule has 0 amide bonds. The smallest absolute Gasteiger partial charge is 0.329 e. The van der Waals surface area contributed by atoms with Gasteiger partial charge in [-0.1, -0.05) is 5.16 Å². The maximum absolute atomic E-state index is 12.5. The fourth-order valence-electron chi connectivity index (χ4n) is 1.70. The van der Waals surface area contributed by atoms with Gasteiger partial charge in [0.1, 0.15) is 5.69 Å². The van der Waals surface area contributed by atoms with Gasteiger partial charge in [-0.25, -0.2) is 0 Å². The zero-order valence-corrected chi connectivity index (χ0v) is 11.2. The Balaban J connectivity index is 1.97. The third-order valence-electron chi connectivity index (χ3n) is 2.75. The molecule has 0 aromatic carbocycles. The highest BCUT2D eigenvalue weighted by atomic mass is 19.4. The minimum absolute atomic E-state index is 0.170. The largest absolute Gasteiger partial charge is 0.471 e. The SMILES string of the molecule is Cc1ccc(-c2cc(-c3noc(C(F)(F)F)n3)ccn2)nn1. The number of hydrogen-bond donors (Lipinski definition) is 0. The summed E-state index contributed by atoms with van der Waals surface area (Å²) in [5.41, 5.74) is 2.02. The number of alkyl halides is 3. The monoisotopic (exact) mass is 307 g/mol. The molecule has 0 N–H and O–H groups in total. The summed E-state index contributed by atoms with van der Waals surface area (Å²) < 4.78 is 41.6. The van der Waals surface area contributed by atoms with Crippen molar-refractivity contribution in [1.82, 2.24) is 25.3 Å². The van der Waals surface area contributed by atoms with Gasteiger partial charge in [-0.15, -0.1) is 5.10 Å². The number of nitrogens with zero attached hydrogens (tertiary/aromatic N) is 5. The maximum Gasteiger partial charge on any atom is 0.471 e. The Kier molecular flexibility index (Phi) is 3.32. The predicted molar refractivity (Wildman–Crippen MR) is 68.3 cm³/mol. The fourth-order valence-corrected chi connectivity index (χ4v) is 1.70. The van der Waals surface area contributed by atoms with Gasteiger partial charge < -0.3 is 4.52 Å². The highest BCUT2D eigenvalue weighted by Gasteiger charge is 2.38. The Labute approximate surface area is 122 Å². The van der Waals surface area contributed by atoms with E-state index in [0.717, 1.165) is 5.69 Å². The Hall–Kier alpha value is -2.84. The maximum atomic E-state index is 12.5. The van der Waals surface area contributed by atoms with Gasteiger partial charge in [0.15, 0.2) is 0 Å². The molecule has 22 heavy (non-hydrogen) atoms. The zero-order chi connectivity index (χ0) is 15.7. The van der Waals surface area contributed by atoms with Crippen LogP contribution < -0.4 is 0 Å². The van der Waals surface area contributed by atoms with Crippen LogP contribution in [0.15, 0.2) is 35.0 Å². The molecule has 0 aliphatic rings. The molecule has 0 saturated carbocycles. The summed E-state index contributed by atoms with van der Waals surface area (Å²) in [4.78, 5) is 7.44. The van der Waals surface area contributed by atoms with E-state index >= 15 is 0 Å². The lowest BCUT2D eigenvalue weighted by Crippen LogP contribution is -2.04. The molecule has 0 unspecified atom stereocenters. The Bertz CT molecular complexity index is 798. The Morgan fingerprint density at radius 1 is 1.05 bits per heavy atom. The minimum Gasteiger partial charge on any atom is -0.329 e. The van der Waals surface area contributed by atoms with Crippen LogP contribution in [-0.4, -0.2) is 25.3 Å². The van der Waals surface area contributed by atoms with Gasteiger partial charge in [0.25, 0.3) is 0 Å². The quantitative estimate of drug-likeness (QED) is 0.724. The van der Waals surface area contributed by atoms with Crippen LogP contribution in [0.25, 0.3) is 22.8 Å². The van der Waals surface area contributed by atoms with E-state index in [4.69, 9.17) is 0 Å². The highest BCUT2D eigenvalue weighted by Crippen LogP contribution is 2.29. The van der Waals surface area contributed by atoms with Crippen LogP contribution in [0.5, 0.6) is 0 Å². The van der Waals surface area contributed by atoms with Crippen molar-refractivity contribution in [2.75, 3.05) is 0 Å². The van der Waals surface area contributed by atoms with Crippen molar-refractivity contribution < 1.29 is 17.7 Å². The van der Waals surface area contributed by atoms with E-state index in [1.807, 2.05) is 0 Å². The van der Waals surface area contributed by atoms with E-state index < -0.39 is 12.1 Å². The van der Waals surface area contributed by atoms with E-state index in [9.17, 15) is 13.2 Å². The molecule has 3 heterocycles. The normalized spacial score (nSPS) is 11.6. The Morgan fingerprint density at radius 2 is 1.86 bits per heavy atom. The number of aryl methyl sites for hydroxylation is 1. The number of rotatable bonds is 2. The summed E-state index contributed by atoms with van der Waals surface area (Å²) in [7, 11) is 0. The number of pyridine rings is 1. The van der Waals surface area contributed by atoms with Gasteiger partial charge in [0.05, 0.1) is 11.4 Å². The summed E-state index contributed by atoms with van der Waals surface area (Å²) in [5, 5.41) is 11.2. The molecule has 0 aliphatic heterocycles. The molecular weight excluding hydrogens is 299 g/mol. The van der Waals surface area contributed by atoms with Gasteiger partial charge in [0.2, 0.25) is 5.82 Å². The van der Waals surface area contributed by atoms with Crippen molar-refractivity contribution in [2.24, 2.45) is 0 Å². The summed E-state index contributed by atoms with van der Waals surface area (Å²) >= 11 is 0. The molecule has 3 aromatic heterocycles. The van der Waals surface area contributed by atoms with Gasteiger partial charge in [0, 0.05) is 11.8 Å². The summed E-state index contributed by atoms with van der Waals surface area (Å²) in [6.45, 7) is 1.79. The molecule has 6 nitrogen and oxygen atoms in total. The van der Waals surface area contributed by atoms with Gasteiger partial charge in [-0.2, -0.15) is 23.3 Å². The second-order valence-electron chi connectivity index (χ2n) is 4.41. The van der Waals surface area contributed by atoms with Crippen LogP contribution in [0, 0.1) is 6.92 Å². The average Bonchev–Trinajstić information content (AvgIpc) is 2.98. The van der Waals surface area contributed by atoms with Crippen molar-refractivity contribution in [3.8, 4) is 22.8 Å². The van der Waals surface area contributed by atoms with Crippen molar-refractivity contribution in [3.63, 3.8) is 0 Å². The third-order valence-corrected chi connectivity index (χ3v) is 2.75. The van der Waals surface area contributed by atoms with Crippen LogP contribution in [0.3, 0.4) is 0 Å². The van der Waals surface area contributed by atoms with E-state index in [2.05, 4.69) is 29.8 Å². The van der Waals surface area contributed by atoms with E-state index in [1.54, 1.807) is 19.1 Å². The molecule has 0 spiro atoms. The molecule has 0 bridgehead atoms. The summed E-state index contributed by atoms with van der Waals surface area (Å²) in [6.07, 6.45) is -3.25. The number of hydrogen-bond acceptors (Lipinski definition) is 6. The van der Waals surface area contributed by atoms with Crippen LogP contribution in [-0.2, 0) is 6.18 Å². The predicted octanol–water partition coefficient (Wildman–Crippen LogP) is 2.92. The summed E-state index contributed by atoms with van der Waals surface area (Å²) in [6, 6.07) is 6.47. The minimum atomic E-state index is -4.68. The molecule has 9 heteroatoms. The van der Waals surface area contributed by atoms with Gasteiger partial charge >= 0.3 is 12.1 Å². The second kappa shape index (κ2) is 5.17. The van der Waals surface area contributed by atoms with Crippen molar-refractivity contribution >= 4 is 0 Å². The van der Waals surface area contributed by atoms with Crippen LogP contribution in [0.1, 0.15) is 11.6 Å². The molecule has 0 saturated heterocycles. The topological polar surface area (TPSA) is 77.6 Å². The lowest BCUT2D eigenvalue weighted by atomic mass is 10.2. The third kappa shape index (κ3) is 2.78. The van der Waals surface area contributed by atoms with E-state index in [0.29, 0.717) is 17.0 Å². The highest BCUT2D eigenvalue weighted by molar-refractivity contribution is 5.63. The lowest BCUT2D eigenvalue weighted by molar-refractivity contribution is -0.159. The molecule has 0 fully saturated rings. The molecule has 0 aliphatic carbocycles. The molecule has 3 rings (SSSR count). The first kappa shape index (κ1) is 14.1. The fraction of sp³-hybridized carbons (Fsp3) is 0.154.